The minimum absolute atomic E-state index is 0.0322. The van der Waals surface area contributed by atoms with E-state index in [2.05, 4.69) is 15.6 Å². The summed E-state index contributed by atoms with van der Waals surface area (Å²) in [5, 5.41) is 16.0. The molecule has 1 aromatic heterocycles. The molecule has 0 aliphatic carbocycles. The Morgan fingerprint density at radius 1 is 1.63 bits per heavy atom. The molecular weight excluding hydrogens is 270 g/mol. The summed E-state index contributed by atoms with van der Waals surface area (Å²) in [6, 6.07) is -0.892. The van der Waals surface area contributed by atoms with E-state index in [4.69, 9.17) is 5.11 Å². The Morgan fingerprint density at radius 2 is 2.37 bits per heavy atom. The summed E-state index contributed by atoms with van der Waals surface area (Å²) in [7, 11) is 0. The van der Waals surface area contributed by atoms with Crippen molar-refractivity contribution in [3.63, 3.8) is 0 Å². The van der Waals surface area contributed by atoms with Crippen LogP contribution in [-0.4, -0.2) is 33.9 Å². The second kappa shape index (κ2) is 5.35. The summed E-state index contributed by atoms with van der Waals surface area (Å²) in [4.78, 5) is 37.5. The molecule has 1 aliphatic heterocycles. The SMILES string of the molecule is CC(NC(=O)[C@@H]1CCC(=O)N1)c1nc(C(=O)O)cs1. The first-order chi connectivity index (χ1) is 8.97. The maximum atomic E-state index is 11.8. The molecule has 2 atom stereocenters. The van der Waals surface area contributed by atoms with Crippen molar-refractivity contribution in [2.75, 3.05) is 0 Å². The van der Waals surface area contributed by atoms with Crippen LogP contribution in [-0.2, 0) is 9.59 Å². The number of thiazole rings is 1. The first-order valence-electron chi connectivity index (χ1n) is 5.76. The molecule has 1 saturated heterocycles. The number of amides is 2. The lowest BCUT2D eigenvalue weighted by Gasteiger charge is -2.15. The number of aromatic carboxylic acids is 1. The Hall–Kier alpha value is -1.96. The van der Waals surface area contributed by atoms with E-state index < -0.39 is 12.0 Å². The predicted octanol–water partition coefficient (Wildman–Crippen LogP) is 0.297. The molecule has 8 heteroatoms. The highest BCUT2D eigenvalue weighted by atomic mass is 32.1. The van der Waals surface area contributed by atoms with Gasteiger partial charge in [-0.05, 0) is 13.3 Å². The number of hydrogen-bond acceptors (Lipinski definition) is 5. The van der Waals surface area contributed by atoms with E-state index in [-0.39, 0.29) is 23.6 Å². The Labute approximate surface area is 113 Å². The van der Waals surface area contributed by atoms with Crippen molar-refractivity contribution in [2.45, 2.75) is 31.8 Å². The molecule has 7 nitrogen and oxygen atoms in total. The third-order valence-electron chi connectivity index (χ3n) is 2.78. The number of hydrogen-bond donors (Lipinski definition) is 3. The van der Waals surface area contributed by atoms with Gasteiger partial charge >= 0.3 is 5.97 Å². The summed E-state index contributed by atoms with van der Waals surface area (Å²) in [6.07, 6.45) is 0.836. The summed E-state index contributed by atoms with van der Waals surface area (Å²) >= 11 is 1.18. The lowest BCUT2D eigenvalue weighted by atomic mass is 10.2. The zero-order valence-electron chi connectivity index (χ0n) is 10.2. The maximum Gasteiger partial charge on any atom is 0.355 e. The van der Waals surface area contributed by atoms with Gasteiger partial charge in [0.25, 0.3) is 0 Å². The molecule has 1 aliphatic rings. The number of carboxylic acid groups (broad SMARTS) is 1. The second-order valence-corrected chi connectivity index (χ2v) is 5.15. The van der Waals surface area contributed by atoms with Crippen molar-refractivity contribution in [3.8, 4) is 0 Å². The summed E-state index contributed by atoms with van der Waals surface area (Å²) < 4.78 is 0. The minimum Gasteiger partial charge on any atom is -0.476 e. The highest BCUT2D eigenvalue weighted by molar-refractivity contribution is 7.09. The zero-order valence-corrected chi connectivity index (χ0v) is 11.0. The Bertz CT molecular complexity index is 528. The van der Waals surface area contributed by atoms with Crippen LogP contribution in [0.5, 0.6) is 0 Å². The Morgan fingerprint density at radius 3 is 2.89 bits per heavy atom. The maximum absolute atomic E-state index is 11.8. The number of carbonyl (C=O) groups is 3. The topological polar surface area (TPSA) is 108 Å². The van der Waals surface area contributed by atoms with Crippen molar-refractivity contribution in [2.24, 2.45) is 0 Å². The lowest BCUT2D eigenvalue weighted by molar-refractivity contribution is -0.126. The van der Waals surface area contributed by atoms with Crippen molar-refractivity contribution in [1.29, 1.82) is 0 Å². The molecule has 0 bridgehead atoms. The van der Waals surface area contributed by atoms with Crippen LogP contribution in [0.1, 0.15) is 41.3 Å². The highest BCUT2D eigenvalue weighted by Gasteiger charge is 2.28. The van der Waals surface area contributed by atoms with Crippen LogP contribution < -0.4 is 10.6 Å². The van der Waals surface area contributed by atoms with Gasteiger partial charge in [-0.25, -0.2) is 9.78 Å². The fourth-order valence-electron chi connectivity index (χ4n) is 1.77. The normalized spacial score (nSPS) is 19.8. The van der Waals surface area contributed by atoms with E-state index in [1.807, 2.05) is 0 Å². The van der Waals surface area contributed by atoms with Gasteiger partial charge in [0.1, 0.15) is 11.0 Å². The van der Waals surface area contributed by atoms with Gasteiger partial charge in [-0.1, -0.05) is 0 Å². The molecule has 1 aromatic rings. The van der Waals surface area contributed by atoms with Crippen molar-refractivity contribution < 1.29 is 19.5 Å². The molecule has 102 valence electrons. The summed E-state index contributed by atoms with van der Waals surface area (Å²) in [6.45, 7) is 1.72. The molecule has 2 amide bonds. The fraction of sp³-hybridized carbons (Fsp3) is 0.455. The quantitative estimate of drug-likeness (QED) is 0.736. The third-order valence-corrected chi connectivity index (χ3v) is 3.81. The molecular formula is C11H13N3O4S. The first-order valence-corrected chi connectivity index (χ1v) is 6.64. The van der Waals surface area contributed by atoms with Crippen LogP contribution in [0.15, 0.2) is 5.38 Å². The van der Waals surface area contributed by atoms with Crippen LogP contribution in [0.2, 0.25) is 0 Å². The van der Waals surface area contributed by atoms with E-state index in [1.165, 1.54) is 16.7 Å². The predicted molar refractivity (Wildman–Crippen MR) is 66.8 cm³/mol. The fourth-order valence-corrected chi connectivity index (χ4v) is 2.57. The number of aromatic nitrogens is 1. The van der Waals surface area contributed by atoms with Gasteiger partial charge in [-0.2, -0.15) is 0 Å². The molecule has 0 spiro atoms. The molecule has 2 rings (SSSR count). The van der Waals surface area contributed by atoms with Crippen molar-refractivity contribution >= 4 is 29.1 Å². The molecule has 0 aromatic carbocycles. The highest BCUT2D eigenvalue weighted by Crippen LogP contribution is 2.18. The molecule has 1 fully saturated rings. The minimum atomic E-state index is -1.09. The third kappa shape index (κ3) is 3.08. The Kier molecular flexibility index (Phi) is 3.79. The van der Waals surface area contributed by atoms with Gasteiger partial charge in [-0.15, -0.1) is 11.3 Å². The van der Waals surface area contributed by atoms with E-state index in [0.717, 1.165) is 0 Å². The van der Waals surface area contributed by atoms with E-state index in [9.17, 15) is 14.4 Å². The van der Waals surface area contributed by atoms with Crippen LogP contribution in [0.25, 0.3) is 0 Å². The van der Waals surface area contributed by atoms with Crippen molar-refractivity contribution in [1.82, 2.24) is 15.6 Å². The average Bonchev–Trinajstić information content (AvgIpc) is 2.96. The van der Waals surface area contributed by atoms with Gasteiger partial charge in [0.05, 0.1) is 6.04 Å². The number of carbonyl (C=O) groups excluding carboxylic acids is 2. The van der Waals surface area contributed by atoms with Crippen molar-refractivity contribution in [3.05, 3.63) is 16.1 Å². The monoisotopic (exact) mass is 283 g/mol. The van der Waals surface area contributed by atoms with Crippen LogP contribution in [0.4, 0.5) is 0 Å². The zero-order chi connectivity index (χ0) is 14.0. The van der Waals surface area contributed by atoms with E-state index >= 15 is 0 Å². The van der Waals surface area contributed by atoms with Crippen LogP contribution >= 0.6 is 11.3 Å². The van der Waals surface area contributed by atoms with Gasteiger partial charge in [0.2, 0.25) is 11.8 Å². The molecule has 1 unspecified atom stereocenters. The summed E-state index contributed by atoms with van der Waals surface area (Å²) in [5.74, 6) is -1.50. The molecule has 2 heterocycles. The van der Waals surface area contributed by atoms with Gasteiger partial charge in [0, 0.05) is 11.8 Å². The van der Waals surface area contributed by atoms with Crippen LogP contribution in [0, 0.1) is 0 Å². The van der Waals surface area contributed by atoms with Gasteiger partial charge < -0.3 is 15.7 Å². The van der Waals surface area contributed by atoms with Crippen LogP contribution in [0.3, 0.4) is 0 Å². The molecule has 19 heavy (non-hydrogen) atoms. The van der Waals surface area contributed by atoms with E-state index in [1.54, 1.807) is 6.92 Å². The van der Waals surface area contributed by atoms with Gasteiger partial charge in [0.15, 0.2) is 5.69 Å². The average molecular weight is 283 g/mol. The Balaban J connectivity index is 1.96. The standard InChI is InChI=1S/C11H13N3O4S/c1-5(10-14-7(4-19-10)11(17)18)12-9(16)6-2-3-8(15)13-6/h4-6H,2-3H2,1H3,(H,12,16)(H,13,15)(H,17,18)/t5?,6-/m0/s1. The number of carboxylic acids is 1. The van der Waals surface area contributed by atoms with E-state index in [0.29, 0.717) is 17.8 Å². The summed E-state index contributed by atoms with van der Waals surface area (Å²) in [5.41, 5.74) is -0.0322. The molecule has 3 N–H and O–H groups in total. The molecule has 0 saturated carbocycles. The smallest absolute Gasteiger partial charge is 0.355 e. The van der Waals surface area contributed by atoms with Gasteiger partial charge in [-0.3, -0.25) is 9.59 Å². The number of rotatable bonds is 4. The molecule has 0 radical (unpaired) electrons. The number of nitrogens with one attached hydrogen (secondary N) is 2. The first kappa shape index (κ1) is 13.5. The number of nitrogens with zero attached hydrogens (tertiary/aromatic N) is 1. The lowest BCUT2D eigenvalue weighted by Crippen LogP contribution is -2.42. The largest absolute Gasteiger partial charge is 0.476 e. The second-order valence-electron chi connectivity index (χ2n) is 4.27.